The van der Waals surface area contributed by atoms with Crippen LogP contribution in [0, 0.1) is 5.92 Å². The van der Waals surface area contributed by atoms with Gasteiger partial charge in [0, 0.05) is 29.9 Å². The van der Waals surface area contributed by atoms with E-state index in [1.807, 2.05) is 6.07 Å². The van der Waals surface area contributed by atoms with Crippen molar-refractivity contribution >= 4 is 5.78 Å². The molecule has 1 aromatic carbocycles. The second kappa shape index (κ2) is 4.98. The van der Waals surface area contributed by atoms with Crippen LogP contribution in [0.3, 0.4) is 0 Å². The monoisotopic (exact) mass is 301 g/mol. The molecule has 1 saturated carbocycles. The van der Waals surface area contributed by atoms with Gasteiger partial charge in [0.1, 0.15) is 5.78 Å². The van der Waals surface area contributed by atoms with Gasteiger partial charge in [0.2, 0.25) is 0 Å². The van der Waals surface area contributed by atoms with Gasteiger partial charge < -0.3 is 14.8 Å². The van der Waals surface area contributed by atoms with Gasteiger partial charge in [0.25, 0.3) is 0 Å². The Hall–Kier alpha value is -1.55. The van der Waals surface area contributed by atoms with Gasteiger partial charge in [-0.3, -0.25) is 4.79 Å². The quantitative estimate of drug-likeness (QED) is 0.910. The number of ketones is 1. The van der Waals surface area contributed by atoms with Crippen molar-refractivity contribution in [2.75, 3.05) is 20.8 Å². The molecule has 0 spiro atoms. The van der Waals surface area contributed by atoms with Crippen LogP contribution in [0.15, 0.2) is 12.1 Å². The summed E-state index contributed by atoms with van der Waals surface area (Å²) in [7, 11) is 3.39. The zero-order valence-electron chi connectivity index (χ0n) is 13.3. The lowest BCUT2D eigenvalue weighted by molar-refractivity contribution is -0.125. The summed E-state index contributed by atoms with van der Waals surface area (Å²) < 4.78 is 11.3. The van der Waals surface area contributed by atoms with Gasteiger partial charge in [-0.25, -0.2) is 0 Å². The van der Waals surface area contributed by atoms with Gasteiger partial charge >= 0.3 is 0 Å². The summed E-state index contributed by atoms with van der Waals surface area (Å²) >= 11 is 0. The number of rotatable bonds is 2. The minimum absolute atomic E-state index is 0.0568. The summed E-state index contributed by atoms with van der Waals surface area (Å²) in [5, 5.41) is 3.68. The fraction of sp³-hybridized carbons (Fsp3) is 0.611. The van der Waals surface area contributed by atoms with E-state index in [-0.39, 0.29) is 5.41 Å². The SMILES string of the molecule is COc1ccc2c(c1OC)C13CCNC(C2)C1CCC(=O)C3. The van der Waals surface area contributed by atoms with Crippen LogP contribution >= 0.6 is 0 Å². The second-order valence-electron chi connectivity index (χ2n) is 6.87. The summed E-state index contributed by atoms with van der Waals surface area (Å²) in [4.78, 5) is 12.3. The summed E-state index contributed by atoms with van der Waals surface area (Å²) in [5.41, 5.74) is 2.52. The molecule has 22 heavy (non-hydrogen) atoms. The van der Waals surface area contributed by atoms with E-state index < -0.39 is 0 Å². The molecule has 2 aliphatic carbocycles. The number of nitrogens with one attached hydrogen (secondary N) is 1. The largest absolute Gasteiger partial charge is 0.493 e. The van der Waals surface area contributed by atoms with Crippen molar-refractivity contribution in [2.45, 2.75) is 43.6 Å². The van der Waals surface area contributed by atoms with Crippen LogP contribution in [0.5, 0.6) is 11.5 Å². The Morgan fingerprint density at radius 2 is 2.14 bits per heavy atom. The van der Waals surface area contributed by atoms with Crippen LogP contribution < -0.4 is 14.8 Å². The Labute approximate surface area is 131 Å². The topological polar surface area (TPSA) is 47.6 Å². The number of fused-ring (bicyclic) bond motifs is 1. The number of ether oxygens (including phenoxy) is 2. The normalized spacial score (nSPS) is 32.9. The molecule has 2 bridgehead atoms. The molecule has 1 N–H and O–H groups in total. The van der Waals surface area contributed by atoms with E-state index in [1.54, 1.807) is 14.2 Å². The van der Waals surface area contributed by atoms with Crippen molar-refractivity contribution in [2.24, 2.45) is 5.92 Å². The molecule has 3 unspecified atom stereocenters. The molecule has 1 aromatic rings. The first-order valence-corrected chi connectivity index (χ1v) is 8.19. The fourth-order valence-corrected chi connectivity index (χ4v) is 5.18. The van der Waals surface area contributed by atoms with Gasteiger partial charge in [0.05, 0.1) is 14.2 Å². The second-order valence-corrected chi connectivity index (χ2v) is 6.87. The molecule has 4 nitrogen and oxygen atoms in total. The Morgan fingerprint density at radius 1 is 1.27 bits per heavy atom. The van der Waals surface area contributed by atoms with Gasteiger partial charge in [0.15, 0.2) is 11.5 Å². The number of hydrogen-bond donors (Lipinski definition) is 1. The van der Waals surface area contributed by atoms with E-state index in [4.69, 9.17) is 9.47 Å². The van der Waals surface area contributed by atoms with E-state index in [9.17, 15) is 4.79 Å². The number of carbonyl (C=O) groups is 1. The maximum absolute atomic E-state index is 12.3. The van der Waals surface area contributed by atoms with Crippen molar-refractivity contribution < 1.29 is 14.3 Å². The predicted molar refractivity (Wildman–Crippen MR) is 83.7 cm³/mol. The number of hydrogen-bond acceptors (Lipinski definition) is 4. The highest BCUT2D eigenvalue weighted by molar-refractivity contribution is 5.82. The van der Waals surface area contributed by atoms with E-state index in [0.717, 1.165) is 43.7 Å². The Kier molecular flexibility index (Phi) is 3.19. The Balaban J connectivity index is 1.96. The third-order valence-corrected chi connectivity index (χ3v) is 5.99. The van der Waals surface area contributed by atoms with Crippen LogP contribution in [0.25, 0.3) is 0 Å². The molecule has 2 fully saturated rings. The predicted octanol–water partition coefficient (Wildman–Crippen LogP) is 2.23. The molecule has 1 saturated heterocycles. The molecule has 0 aromatic heterocycles. The van der Waals surface area contributed by atoms with E-state index >= 15 is 0 Å². The average molecular weight is 301 g/mol. The zero-order chi connectivity index (χ0) is 15.3. The van der Waals surface area contributed by atoms with Gasteiger partial charge in [-0.1, -0.05) is 6.07 Å². The molecule has 118 valence electrons. The third-order valence-electron chi connectivity index (χ3n) is 5.99. The molecule has 0 radical (unpaired) electrons. The van der Waals surface area contributed by atoms with Crippen LogP contribution in [-0.4, -0.2) is 32.6 Å². The Bertz CT molecular complexity index is 627. The van der Waals surface area contributed by atoms with Gasteiger partial charge in [-0.2, -0.15) is 0 Å². The third kappa shape index (κ3) is 1.76. The van der Waals surface area contributed by atoms with Crippen molar-refractivity contribution in [3.63, 3.8) is 0 Å². The molecule has 4 rings (SSSR count). The molecule has 1 aliphatic heterocycles. The summed E-state index contributed by atoms with van der Waals surface area (Å²) in [5.74, 6) is 2.56. The molecule has 1 heterocycles. The first kappa shape index (κ1) is 14.1. The minimum Gasteiger partial charge on any atom is -0.493 e. The van der Waals surface area contributed by atoms with E-state index in [1.165, 1.54) is 11.1 Å². The minimum atomic E-state index is -0.0568. The lowest BCUT2D eigenvalue weighted by atomic mass is 9.52. The van der Waals surface area contributed by atoms with Crippen LogP contribution in [0.4, 0.5) is 0 Å². The maximum atomic E-state index is 12.3. The molecule has 4 heteroatoms. The van der Waals surface area contributed by atoms with Crippen molar-refractivity contribution in [1.82, 2.24) is 5.32 Å². The molecule has 0 amide bonds. The van der Waals surface area contributed by atoms with Gasteiger partial charge in [-0.05, 0) is 43.4 Å². The van der Waals surface area contributed by atoms with Crippen molar-refractivity contribution in [1.29, 1.82) is 0 Å². The van der Waals surface area contributed by atoms with Crippen molar-refractivity contribution in [3.05, 3.63) is 23.3 Å². The first-order valence-electron chi connectivity index (χ1n) is 8.19. The average Bonchev–Trinajstić information content (AvgIpc) is 2.53. The number of piperidine rings is 1. The molecular weight excluding hydrogens is 278 g/mol. The first-order chi connectivity index (χ1) is 10.7. The number of benzene rings is 1. The van der Waals surface area contributed by atoms with Gasteiger partial charge in [-0.15, -0.1) is 0 Å². The summed E-state index contributed by atoms with van der Waals surface area (Å²) in [6.45, 7) is 0.980. The highest BCUT2D eigenvalue weighted by Gasteiger charge is 2.55. The number of carbonyl (C=O) groups excluding carboxylic acids is 1. The van der Waals surface area contributed by atoms with Crippen molar-refractivity contribution in [3.8, 4) is 11.5 Å². The standard InChI is InChI=1S/C18H23NO3/c1-21-15-6-3-11-9-14-13-5-4-12(20)10-18(13,7-8-19-14)16(11)17(15)22-2/h3,6,13-14,19H,4-5,7-10H2,1-2H3. The van der Waals surface area contributed by atoms with E-state index in [0.29, 0.717) is 24.2 Å². The molecule has 3 atom stereocenters. The van der Waals surface area contributed by atoms with Crippen LogP contribution in [0.2, 0.25) is 0 Å². The lowest BCUT2D eigenvalue weighted by Gasteiger charge is -2.55. The van der Waals surface area contributed by atoms with E-state index in [2.05, 4.69) is 11.4 Å². The summed E-state index contributed by atoms with van der Waals surface area (Å²) in [6.07, 6.45) is 4.42. The highest BCUT2D eigenvalue weighted by atomic mass is 16.5. The Morgan fingerprint density at radius 3 is 2.91 bits per heavy atom. The smallest absolute Gasteiger partial charge is 0.164 e. The highest BCUT2D eigenvalue weighted by Crippen LogP contribution is 2.57. The van der Waals surface area contributed by atoms with Crippen LogP contribution in [0.1, 0.15) is 36.8 Å². The fourth-order valence-electron chi connectivity index (χ4n) is 5.18. The summed E-state index contributed by atoms with van der Waals surface area (Å²) in [6, 6.07) is 4.65. The molecular formula is C18H23NO3. The maximum Gasteiger partial charge on any atom is 0.164 e. The zero-order valence-corrected chi connectivity index (χ0v) is 13.3. The van der Waals surface area contributed by atoms with Crippen LogP contribution in [-0.2, 0) is 16.6 Å². The number of methoxy groups -OCH3 is 2. The molecule has 3 aliphatic rings. The number of Topliss-reactive ketones (excluding diaryl/α,β-unsaturated/α-hetero) is 1. The lowest BCUT2D eigenvalue weighted by Crippen LogP contribution is -2.60.